The highest BCUT2D eigenvalue weighted by atomic mass is 79.9. The largest absolute Gasteiger partial charge is 0.354 e. The molecule has 0 radical (unpaired) electrons. The third kappa shape index (κ3) is 4.40. The van der Waals surface area contributed by atoms with Crippen LogP contribution in [0.5, 0.6) is 0 Å². The van der Waals surface area contributed by atoms with Gasteiger partial charge in [0.1, 0.15) is 0 Å². The van der Waals surface area contributed by atoms with E-state index in [0.717, 1.165) is 34.6 Å². The number of carbonyl (C=O) groups excluding carboxylic acids is 2. The number of amides is 1. The van der Waals surface area contributed by atoms with E-state index in [0.29, 0.717) is 6.54 Å². The molecule has 1 aromatic rings. The first-order chi connectivity index (χ1) is 9.04. The van der Waals surface area contributed by atoms with Crippen LogP contribution in [0.4, 0.5) is 0 Å². The first kappa shape index (κ1) is 14.7. The molecule has 1 amide bonds. The maximum Gasteiger partial charge on any atom is 0.217 e. The molecule has 0 aromatic carbocycles. The molecule has 2 rings (SSSR count). The minimum atomic E-state index is 0.0259. The smallest absolute Gasteiger partial charge is 0.217 e. The molecule has 1 N–H and O–H groups in total. The van der Waals surface area contributed by atoms with E-state index in [1.807, 2.05) is 12.1 Å². The number of nitrogens with zero attached hydrogens (tertiary/aromatic N) is 1. The molecule has 0 atom stereocenters. The lowest BCUT2D eigenvalue weighted by Crippen LogP contribution is -2.45. The van der Waals surface area contributed by atoms with E-state index in [2.05, 4.69) is 26.1 Å². The molecule has 0 aliphatic carbocycles. The fourth-order valence-electron chi connectivity index (χ4n) is 2.27. The van der Waals surface area contributed by atoms with Gasteiger partial charge in [-0.3, -0.25) is 14.5 Å². The van der Waals surface area contributed by atoms with E-state index >= 15 is 0 Å². The highest BCUT2D eigenvalue weighted by Gasteiger charge is 2.22. The monoisotopic (exact) mass is 344 g/mol. The third-order valence-electron chi connectivity index (χ3n) is 3.21. The normalized spacial score (nSPS) is 17.4. The molecule has 1 aliphatic rings. The van der Waals surface area contributed by atoms with Gasteiger partial charge >= 0.3 is 0 Å². The molecule has 6 heteroatoms. The Balaban J connectivity index is 1.79. The molecule has 1 fully saturated rings. The predicted octanol–water partition coefficient (Wildman–Crippen LogP) is 2.29. The second-order valence-corrected chi connectivity index (χ2v) is 7.24. The van der Waals surface area contributed by atoms with Gasteiger partial charge in [0.05, 0.1) is 15.2 Å². The van der Waals surface area contributed by atoms with Gasteiger partial charge < -0.3 is 5.32 Å². The summed E-state index contributed by atoms with van der Waals surface area (Å²) in [4.78, 5) is 26.0. The van der Waals surface area contributed by atoms with Crippen molar-refractivity contribution >= 4 is 39.0 Å². The summed E-state index contributed by atoms with van der Waals surface area (Å²) in [5.41, 5.74) is 0. The summed E-state index contributed by atoms with van der Waals surface area (Å²) < 4.78 is 0.986. The average Bonchev–Trinajstić information content (AvgIpc) is 2.78. The Hall–Kier alpha value is -0.720. The number of carbonyl (C=O) groups is 2. The van der Waals surface area contributed by atoms with Crippen molar-refractivity contribution < 1.29 is 9.59 Å². The van der Waals surface area contributed by atoms with Gasteiger partial charge in [-0.1, -0.05) is 0 Å². The van der Waals surface area contributed by atoms with Gasteiger partial charge in [-0.2, -0.15) is 0 Å². The number of piperidine rings is 1. The number of thiophene rings is 1. The molecule has 0 bridgehead atoms. The molecule has 1 aromatic heterocycles. The number of rotatable bonds is 4. The number of hydrogen-bond acceptors (Lipinski definition) is 4. The lowest BCUT2D eigenvalue weighted by Gasteiger charge is -2.31. The van der Waals surface area contributed by atoms with E-state index in [4.69, 9.17) is 0 Å². The zero-order valence-corrected chi connectivity index (χ0v) is 13.2. The Morgan fingerprint density at radius 3 is 2.63 bits per heavy atom. The quantitative estimate of drug-likeness (QED) is 0.852. The van der Waals surface area contributed by atoms with Crippen molar-refractivity contribution in [2.45, 2.75) is 25.8 Å². The molecule has 4 nitrogen and oxygen atoms in total. The van der Waals surface area contributed by atoms with Gasteiger partial charge in [0.25, 0.3) is 0 Å². The van der Waals surface area contributed by atoms with Crippen molar-refractivity contribution in [2.75, 3.05) is 19.6 Å². The van der Waals surface area contributed by atoms with Crippen molar-refractivity contribution in [3.8, 4) is 0 Å². The number of nitrogens with one attached hydrogen (secondary N) is 1. The second kappa shape index (κ2) is 6.63. The van der Waals surface area contributed by atoms with Crippen LogP contribution in [-0.4, -0.2) is 42.3 Å². The minimum absolute atomic E-state index is 0.0259. The Morgan fingerprint density at radius 2 is 2.11 bits per heavy atom. The summed E-state index contributed by atoms with van der Waals surface area (Å²) in [6, 6.07) is 4.03. The van der Waals surface area contributed by atoms with Crippen LogP contribution < -0.4 is 5.32 Å². The highest BCUT2D eigenvalue weighted by molar-refractivity contribution is 9.11. The van der Waals surface area contributed by atoms with Crippen LogP contribution in [0.25, 0.3) is 0 Å². The van der Waals surface area contributed by atoms with E-state index in [1.165, 1.54) is 11.3 Å². The van der Waals surface area contributed by atoms with Crippen molar-refractivity contribution in [3.05, 3.63) is 20.8 Å². The van der Waals surface area contributed by atoms with E-state index < -0.39 is 0 Å². The second-order valence-electron chi connectivity index (χ2n) is 4.78. The number of hydrogen-bond donors (Lipinski definition) is 1. The number of ketones is 1. The SMILES string of the molecule is CC(=O)NC1CCN(CC(=O)c2ccc(Br)s2)CC1. The van der Waals surface area contributed by atoms with Crippen LogP contribution in [0, 0.1) is 0 Å². The summed E-state index contributed by atoms with van der Waals surface area (Å²) in [6.45, 7) is 3.75. The van der Waals surface area contributed by atoms with Crippen LogP contribution in [0.2, 0.25) is 0 Å². The van der Waals surface area contributed by atoms with Gasteiger partial charge in [-0.25, -0.2) is 0 Å². The van der Waals surface area contributed by atoms with Crippen LogP contribution >= 0.6 is 27.3 Å². The Bertz CT molecular complexity index is 467. The zero-order chi connectivity index (χ0) is 13.8. The van der Waals surface area contributed by atoms with Crippen LogP contribution in [0.15, 0.2) is 15.9 Å². The van der Waals surface area contributed by atoms with Crippen molar-refractivity contribution in [1.82, 2.24) is 10.2 Å². The molecule has 2 heterocycles. The molecule has 1 saturated heterocycles. The van der Waals surface area contributed by atoms with Gasteiger partial charge in [-0.15, -0.1) is 11.3 Å². The standard InChI is InChI=1S/C13H17BrN2O2S/c1-9(17)15-10-4-6-16(7-5-10)8-11(18)12-2-3-13(14)19-12/h2-3,10H,4-8H2,1H3,(H,15,17). The molecule has 19 heavy (non-hydrogen) atoms. The molecule has 0 unspecified atom stereocenters. The predicted molar refractivity (Wildman–Crippen MR) is 79.6 cm³/mol. The van der Waals surface area contributed by atoms with Crippen molar-refractivity contribution in [3.63, 3.8) is 0 Å². The maximum absolute atomic E-state index is 12.1. The van der Waals surface area contributed by atoms with Crippen LogP contribution in [0.1, 0.15) is 29.4 Å². The molecule has 1 aliphatic heterocycles. The lowest BCUT2D eigenvalue weighted by atomic mass is 10.0. The Kier molecular flexibility index (Phi) is 5.13. The Morgan fingerprint density at radius 1 is 1.42 bits per heavy atom. The fraction of sp³-hybridized carbons (Fsp3) is 0.538. The highest BCUT2D eigenvalue weighted by Crippen LogP contribution is 2.23. The summed E-state index contributed by atoms with van der Waals surface area (Å²) >= 11 is 4.85. The molecular weight excluding hydrogens is 328 g/mol. The summed E-state index contributed by atoms with van der Waals surface area (Å²) in [5, 5.41) is 2.94. The van der Waals surface area contributed by atoms with E-state index in [9.17, 15) is 9.59 Å². The Labute approximate surface area is 125 Å². The maximum atomic E-state index is 12.1. The van der Waals surface area contributed by atoms with Crippen LogP contribution in [-0.2, 0) is 4.79 Å². The lowest BCUT2D eigenvalue weighted by molar-refractivity contribution is -0.119. The first-order valence-electron chi connectivity index (χ1n) is 6.32. The van der Waals surface area contributed by atoms with E-state index in [-0.39, 0.29) is 17.7 Å². The average molecular weight is 345 g/mol. The number of halogens is 1. The van der Waals surface area contributed by atoms with Gasteiger partial charge in [0, 0.05) is 26.1 Å². The topological polar surface area (TPSA) is 49.4 Å². The molecule has 104 valence electrons. The summed E-state index contributed by atoms with van der Waals surface area (Å²) in [5.74, 6) is 0.201. The van der Waals surface area contributed by atoms with Gasteiger partial charge in [-0.05, 0) is 40.9 Å². The number of Topliss-reactive ketones (excluding diaryl/α,β-unsaturated/α-hetero) is 1. The van der Waals surface area contributed by atoms with Crippen molar-refractivity contribution in [2.24, 2.45) is 0 Å². The van der Waals surface area contributed by atoms with Crippen LogP contribution in [0.3, 0.4) is 0 Å². The van der Waals surface area contributed by atoms with Gasteiger partial charge in [0.15, 0.2) is 5.78 Å². The van der Waals surface area contributed by atoms with E-state index in [1.54, 1.807) is 6.92 Å². The fourth-order valence-corrected chi connectivity index (χ4v) is 3.58. The summed E-state index contributed by atoms with van der Waals surface area (Å²) in [7, 11) is 0. The minimum Gasteiger partial charge on any atom is -0.354 e. The summed E-state index contributed by atoms with van der Waals surface area (Å²) in [6.07, 6.45) is 1.84. The third-order valence-corrected chi connectivity index (χ3v) is 4.87. The zero-order valence-electron chi connectivity index (χ0n) is 10.8. The van der Waals surface area contributed by atoms with Gasteiger partial charge in [0.2, 0.25) is 5.91 Å². The number of likely N-dealkylation sites (tertiary alicyclic amines) is 1. The van der Waals surface area contributed by atoms with Crippen molar-refractivity contribution in [1.29, 1.82) is 0 Å². The molecule has 0 saturated carbocycles. The molecular formula is C13H17BrN2O2S. The first-order valence-corrected chi connectivity index (χ1v) is 7.93. The molecule has 0 spiro atoms.